The fourth-order valence-electron chi connectivity index (χ4n) is 3.64. The molecule has 0 saturated heterocycles. The third kappa shape index (κ3) is 4.12. The van der Waals surface area contributed by atoms with Gasteiger partial charge in [0.05, 0.1) is 23.4 Å². The summed E-state index contributed by atoms with van der Waals surface area (Å²) in [7, 11) is 0. The van der Waals surface area contributed by atoms with Gasteiger partial charge in [0.25, 0.3) is 5.91 Å². The minimum Gasteiger partial charge on any atom is -0.494 e. The van der Waals surface area contributed by atoms with Crippen molar-refractivity contribution in [3.63, 3.8) is 0 Å². The second kappa shape index (κ2) is 8.26. The molecule has 0 spiro atoms. The third-order valence-electron chi connectivity index (χ3n) is 4.95. The van der Waals surface area contributed by atoms with E-state index in [0.717, 1.165) is 6.07 Å². The zero-order chi connectivity index (χ0) is 22.2. The molecule has 1 aliphatic rings. The third-order valence-corrected chi connectivity index (χ3v) is 5.44. The molecule has 0 bridgehead atoms. The Morgan fingerprint density at radius 3 is 2.58 bits per heavy atom. The lowest BCUT2D eigenvalue weighted by molar-refractivity contribution is -0.138. The molecule has 8 heteroatoms. The van der Waals surface area contributed by atoms with Crippen molar-refractivity contribution in [1.29, 1.82) is 0 Å². The van der Waals surface area contributed by atoms with Crippen molar-refractivity contribution in [1.82, 2.24) is 0 Å². The fraction of sp³-hybridized carbons (Fsp3) is 0.174. The van der Waals surface area contributed by atoms with Gasteiger partial charge in [-0.1, -0.05) is 40.2 Å². The Kier molecular flexibility index (Phi) is 5.66. The van der Waals surface area contributed by atoms with Crippen molar-refractivity contribution < 1.29 is 22.7 Å². The van der Waals surface area contributed by atoms with Crippen LogP contribution in [0.25, 0.3) is 0 Å². The summed E-state index contributed by atoms with van der Waals surface area (Å²) < 4.78 is 47.6. The number of amides is 1. The molecule has 1 amide bonds. The molecule has 160 valence electrons. The first-order valence-corrected chi connectivity index (χ1v) is 10.4. The van der Waals surface area contributed by atoms with Crippen molar-refractivity contribution in [3.8, 4) is 5.75 Å². The van der Waals surface area contributed by atoms with E-state index in [1.165, 1.54) is 23.1 Å². The number of nitrogens with one attached hydrogen (secondary N) is 1. The van der Waals surface area contributed by atoms with Crippen LogP contribution < -0.4 is 15.0 Å². The Bertz CT molecular complexity index is 1130. The van der Waals surface area contributed by atoms with E-state index in [0.29, 0.717) is 33.8 Å². The van der Waals surface area contributed by atoms with E-state index in [1.54, 1.807) is 42.5 Å². The molecule has 4 nitrogen and oxygen atoms in total. The molecule has 0 saturated carbocycles. The van der Waals surface area contributed by atoms with Crippen molar-refractivity contribution in [2.45, 2.75) is 19.3 Å². The van der Waals surface area contributed by atoms with E-state index in [1.807, 2.05) is 6.92 Å². The standard InChI is InChI=1S/C23H18BrF3N2O2/c1-2-31-16-7-5-6-15(13-16)29-21(17-8-3-4-9-19(17)23(25,26)27)28-20-11-10-14(24)12-18(20)22(29)30/h3-13,21,28H,2H2,1H3/t21-/m1/s1. The summed E-state index contributed by atoms with van der Waals surface area (Å²) in [6.45, 7) is 2.25. The van der Waals surface area contributed by atoms with E-state index in [9.17, 15) is 18.0 Å². The highest BCUT2D eigenvalue weighted by molar-refractivity contribution is 9.10. The monoisotopic (exact) mass is 490 g/mol. The summed E-state index contributed by atoms with van der Waals surface area (Å²) in [5.41, 5.74) is 0.408. The predicted octanol–water partition coefficient (Wildman–Crippen LogP) is 6.64. The predicted molar refractivity (Wildman–Crippen MR) is 116 cm³/mol. The van der Waals surface area contributed by atoms with Gasteiger partial charge in [0.1, 0.15) is 11.9 Å². The summed E-state index contributed by atoms with van der Waals surface area (Å²) in [6.07, 6.45) is -5.63. The lowest BCUT2D eigenvalue weighted by Gasteiger charge is -2.39. The second-order valence-electron chi connectivity index (χ2n) is 6.93. The van der Waals surface area contributed by atoms with Gasteiger partial charge in [-0.3, -0.25) is 9.69 Å². The summed E-state index contributed by atoms with van der Waals surface area (Å²) in [5, 5.41) is 3.13. The zero-order valence-corrected chi connectivity index (χ0v) is 18.0. The van der Waals surface area contributed by atoms with Gasteiger partial charge in [0.15, 0.2) is 0 Å². The number of hydrogen-bond acceptors (Lipinski definition) is 3. The number of ether oxygens (including phenoxy) is 1. The summed E-state index contributed by atoms with van der Waals surface area (Å²) in [5.74, 6) is 0.112. The van der Waals surface area contributed by atoms with Crippen LogP contribution in [-0.2, 0) is 6.18 Å². The molecule has 1 atom stereocenters. The van der Waals surface area contributed by atoms with Crippen molar-refractivity contribution in [2.24, 2.45) is 0 Å². The summed E-state index contributed by atoms with van der Waals surface area (Å²) in [6, 6.07) is 17.1. The Labute approximate surface area is 185 Å². The van der Waals surface area contributed by atoms with Crippen molar-refractivity contribution in [3.05, 3.63) is 87.9 Å². The molecule has 0 fully saturated rings. The maximum atomic E-state index is 13.8. The molecule has 1 N–H and O–H groups in total. The molecular formula is C23H18BrF3N2O2. The second-order valence-corrected chi connectivity index (χ2v) is 7.84. The first kappa shape index (κ1) is 21.2. The molecule has 1 heterocycles. The van der Waals surface area contributed by atoms with Crippen LogP contribution in [0.5, 0.6) is 5.75 Å². The number of carbonyl (C=O) groups excluding carboxylic acids is 1. The highest BCUT2D eigenvalue weighted by Gasteiger charge is 2.40. The van der Waals surface area contributed by atoms with Gasteiger partial charge in [-0.2, -0.15) is 13.2 Å². The average Bonchev–Trinajstić information content (AvgIpc) is 2.74. The van der Waals surface area contributed by atoms with Crippen LogP contribution in [0.4, 0.5) is 24.5 Å². The largest absolute Gasteiger partial charge is 0.494 e. The number of fused-ring (bicyclic) bond motifs is 1. The molecule has 0 aliphatic carbocycles. The molecule has 3 aromatic rings. The number of carbonyl (C=O) groups is 1. The lowest BCUT2D eigenvalue weighted by Crippen LogP contribution is -2.44. The molecule has 0 radical (unpaired) electrons. The van der Waals surface area contributed by atoms with Crippen molar-refractivity contribution >= 4 is 33.2 Å². The first-order valence-electron chi connectivity index (χ1n) is 9.58. The van der Waals surface area contributed by atoms with Gasteiger partial charge in [0.2, 0.25) is 0 Å². The Hall–Kier alpha value is -3.00. The smallest absolute Gasteiger partial charge is 0.416 e. The topological polar surface area (TPSA) is 41.6 Å². The molecule has 0 unspecified atom stereocenters. The molecule has 1 aliphatic heterocycles. The number of alkyl halides is 3. The Morgan fingerprint density at radius 2 is 1.84 bits per heavy atom. The fourth-order valence-corrected chi connectivity index (χ4v) is 4.01. The first-order chi connectivity index (χ1) is 14.8. The van der Waals surface area contributed by atoms with E-state index in [2.05, 4.69) is 21.2 Å². The van der Waals surface area contributed by atoms with Gasteiger partial charge >= 0.3 is 6.18 Å². The summed E-state index contributed by atoms with van der Waals surface area (Å²) in [4.78, 5) is 14.9. The van der Waals surface area contributed by atoms with Crippen LogP contribution in [0, 0.1) is 0 Å². The highest BCUT2D eigenvalue weighted by atomic mass is 79.9. The van der Waals surface area contributed by atoms with Gasteiger partial charge in [-0.15, -0.1) is 0 Å². The molecule has 31 heavy (non-hydrogen) atoms. The van der Waals surface area contributed by atoms with Gasteiger partial charge in [-0.05, 0) is 43.3 Å². The zero-order valence-electron chi connectivity index (χ0n) is 16.4. The normalized spacial score (nSPS) is 16.0. The number of hydrogen-bond donors (Lipinski definition) is 1. The lowest BCUT2D eigenvalue weighted by atomic mass is 9.98. The molecule has 3 aromatic carbocycles. The van der Waals surface area contributed by atoms with E-state index in [-0.39, 0.29) is 5.56 Å². The van der Waals surface area contributed by atoms with Crippen LogP contribution in [0.2, 0.25) is 0 Å². The quantitative estimate of drug-likeness (QED) is 0.445. The Morgan fingerprint density at radius 1 is 1.06 bits per heavy atom. The number of benzene rings is 3. The minimum atomic E-state index is -4.57. The van der Waals surface area contributed by atoms with E-state index >= 15 is 0 Å². The van der Waals surface area contributed by atoms with Crippen LogP contribution >= 0.6 is 15.9 Å². The number of rotatable bonds is 4. The maximum Gasteiger partial charge on any atom is 0.416 e. The van der Waals surface area contributed by atoms with Gasteiger partial charge in [-0.25, -0.2) is 0 Å². The van der Waals surface area contributed by atoms with Crippen LogP contribution in [0.1, 0.15) is 34.6 Å². The highest BCUT2D eigenvalue weighted by Crippen LogP contribution is 2.42. The number of nitrogens with zero attached hydrogens (tertiary/aromatic N) is 1. The molecule has 4 rings (SSSR count). The minimum absolute atomic E-state index is 0.0428. The number of halogens is 4. The van der Waals surface area contributed by atoms with Gasteiger partial charge in [0, 0.05) is 21.8 Å². The Balaban J connectivity index is 1.91. The van der Waals surface area contributed by atoms with Crippen LogP contribution in [0.15, 0.2) is 71.2 Å². The van der Waals surface area contributed by atoms with Crippen molar-refractivity contribution in [2.75, 3.05) is 16.8 Å². The van der Waals surface area contributed by atoms with Crippen LogP contribution in [-0.4, -0.2) is 12.5 Å². The number of anilines is 2. The SMILES string of the molecule is CCOc1cccc(N2C(=O)c3cc(Br)ccc3N[C@H]2c2ccccc2C(F)(F)F)c1. The van der Waals surface area contributed by atoms with E-state index in [4.69, 9.17) is 4.74 Å². The maximum absolute atomic E-state index is 13.8. The molecular weight excluding hydrogens is 473 g/mol. The van der Waals surface area contributed by atoms with E-state index < -0.39 is 23.8 Å². The molecule has 0 aromatic heterocycles. The summed E-state index contributed by atoms with van der Waals surface area (Å²) >= 11 is 3.36. The van der Waals surface area contributed by atoms with Gasteiger partial charge < -0.3 is 10.1 Å². The van der Waals surface area contributed by atoms with Crippen LogP contribution in [0.3, 0.4) is 0 Å². The average molecular weight is 491 g/mol.